The van der Waals surface area contributed by atoms with Crippen LogP contribution < -0.4 is 10.1 Å². The fourth-order valence-electron chi connectivity index (χ4n) is 5.03. The molecule has 0 spiro atoms. The lowest BCUT2D eigenvalue weighted by atomic mass is 9.96. The molecule has 9 heteroatoms. The Labute approximate surface area is 210 Å². The van der Waals surface area contributed by atoms with Crippen molar-refractivity contribution < 1.29 is 14.3 Å². The zero-order chi connectivity index (χ0) is 24.9. The third-order valence-electron chi connectivity index (χ3n) is 7.13. The first-order valence-electron chi connectivity index (χ1n) is 12.6. The van der Waals surface area contributed by atoms with Crippen LogP contribution in [0.3, 0.4) is 0 Å². The minimum Gasteiger partial charge on any atom is -0.490 e. The van der Waals surface area contributed by atoms with Crippen LogP contribution in [0.25, 0.3) is 11.0 Å². The standard InChI is InChI=1S/C27H32N6O3/c1-2-23(34)32-12-8-19(9-13-32)16-28-25-24-22(17-29-26(24)31-18-30-25)27(35)33-14-10-21(11-15-33)36-20-6-4-3-5-7-20/h2-7,17-19,21H,1,8-16H2,(H2,28,29,30,31). The normalized spacial score (nSPS) is 17.2. The molecule has 2 aromatic heterocycles. The first kappa shape index (κ1) is 23.8. The number of nitrogens with one attached hydrogen (secondary N) is 2. The van der Waals surface area contributed by atoms with Crippen molar-refractivity contribution in [3.8, 4) is 5.75 Å². The quantitative estimate of drug-likeness (QED) is 0.494. The lowest BCUT2D eigenvalue weighted by molar-refractivity contribution is -0.127. The summed E-state index contributed by atoms with van der Waals surface area (Å²) < 4.78 is 6.08. The number of fused-ring (bicyclic) bond motifs is 1. The van der Waals surface area contributed by atoms with Gasteiger partial charge in [0.2, 0.25) is 5.91 Å². The number of H-pyrrole nitrogens is 1. The summed E-state index contributed by atoms with van der Waals surface area (Å²) in [5.41, 5.74) is 1.23. The molecule has 4 heterocycles. The highest BCUT2D eigenvalue weighted by molar-refractivity contribution is 6.09. The zero-order valence-electron chi connectivity index (χ0n) is 20.4. The Morgan fingerprint density at radius 2 is 1.78 bits per heavy atom. The topological polar surface area (TPSA) is 103 Å². The molecule has 0 radical (unpaired) electrons. The first-order chi connectivity index (χ1) is 17.6. The summed E-state index contributed by atoms with van der Waals surface area (Å²) in [5.74, 6) is 1.92. The minimum absolute atomic E-state index is 0.00921. The zero-order valence-corrected chi connectivity index (χ0v) is 20.4. The van der Waals surface area contributed by atoms with E-state index in [-0.39, 0.29) is 17.9 Å². The lowest BCUT2D eigenvalue weighted by Gasteiger charge is -2.32. The van der Waals surface area contributed by atoms with Crippen molar-refractivity contribution in [3.63, 3.8) is 0 Å². The van der Waals surface area contributed by atoms with Gasteiger partial charge in [-0.15, -0.1) is 0 Å². The summed E-state index contributed by atoms with van der Waals surface area (Å²) in [6, 6.07) is 9.82. The van der Waals surface area contributed by atoms with Crippen molar-refractivity contribution in [2.45, 2.75) is 31.8 Å². The van der Waals surface area contributed by atoms with Crippen LogP contribution in [-0.2, 0) is 4.79 Å². The SMILES string of the molecule is C=CC(=O)N1CCC(CNc2ncnc3[nH]cc(C(=O)N4CCC(Oc5ccccc5)CC4)c23)CC1. The van der Waals surface area contributed by atoms with Crippen molar-refractivity contribution in [1.82, 2.24) is 24.8 Å². The van der Waals surface area contributed by atoms with E-state index in [9.17, 15) is 9.59 Å². The van der Waals surface area contributed by atoms with E-state index in [1.54, 1.807) is 6.20 Å². The van der Waals surface area contributed by atoms with Gasteiger partial charge in [0.15, 0.2) is 0 Å². The molecular formula is C27H32N6O3. The molecule has 36 heavy (non-hydrogen) atoms. The van der Waals surface area contributed by atoms with Crippen LogP contribution in [0.2, 0.25) is 0 Å². The van der Waals surface area contributed by atoms with E-state index in [4.69, 9.17) is 4.74 Å². The number of carbonyl (C=O) groups excluding carboxylic acids is 2. The molecule has 2 saturated heterocycles. The Hall–Kier alpha value is -3.88. The van der Waals surface area contributed by atoms with Gasteiger partial charge >= 0.3 is 0 Å². The molecule has 2 aliphatic rings. The largest absolute Gasteiger partial charge is 0.490 e. The molecule has 0 aliphatic carbocycles. The summed E-state index contributed by atoms with van der Waals surface area (Å²) in [4.78, 5) is 40.9. The molecule has 2 N–H and O–H groups in total. The number of amides is 2. The van der Waals surface area contributed by atoms with Gasteiger partial charge in [0.05, 0.1) is 10.9 Å². The number of anilines is 1. The molecule has 0 bridgehead atoms. The number of nitrogens with zero attached hydrogens (tertiary/aromatic N) is 4. The van der Waals surface area contributed by atoms with Crippen molar-refractivity contribution >= 4 is 28.7 Å². The van der Waals surface area contributed by atoms with E-state index in [0.29, 0.717) is 36.0 Å². The molecule has 5 rings (SSSR count). The van der Waals surface area contributed by atoms with Crippen molar-refractivity contribution in [2.24, 2.45) is 5.92 Å². The molecule has 0 atom stereocenters. The summed E-state index contributed by atoms with van der Waals surface area (Å²) in [7, 11) is 0. The Balaban J connectivity index is 1.21. The van der Waals surface area contributed by atoms with Crippen LogP contribution in [0.15, 0.2) is 55.5 Å². The second-order valence-electron chi connectivity index (χ2n) is 9.42. The Kier molecular flexibility index (Phi) is 7.16. The number of aromatic amines is 1. The van der Waals surface area contributed by atoms with E-state index in [2.05, 4.69) is 26.8 Å². The van der Waals surface area contributed by atoms with E-state index < -0.39 is 0 Å². The molecule has 1 aromatic carbocycles. The fraction of sp³-hybridized carbons (Fsp3) is 0.407. The Morgan fingerprint density at radius 3 is 2.50 bits per heavy atom. The molecule has 2 amide bonds. The van der Waals surface area contributed by atoms with E-state index >= 15 is 0 Å². The number of carbonyl (C=O) groups is 2. The molecule has 9 nitrogen and oxygen atoms in total. The van der Waals surface area contributed by atoms with Crippen molar-refractivity contribution in [1.29, 1.82) is 0 Å². The van der Waals surface area contributed by atoms with Gasteiger partial charge in [-0.25, -0.2) is 9.97 Å². The number of piperidine rings is 2. The number of benzene rings is 1. The molecule has 0 unspecified atom stereocenters. The van der Waals surface area contributed by atoms with Gasteiger partial charge in [0.1, 0.15) is 29.6 Å². The molecular weight excluding hydrogens is 456 g/mol. The minimum atomic E-state index is -0.0199. The first-order valence-corrected chi connectivity index (χ1v) is 12.6. The monoisotopic (exact) mass is 488 g/mol. The molecule has 0 saturated carbocycles. The van der Waals surface area contributed by atoms with E-state index in [1.165, 1.54) is 12.4 Å². The van der Waals surface area contributed by atoms with Gasteiger partial charge in [-0.1, -0.05) is 24.8 Å². The van der Waals surface area contributed by atoms with Crippen molar-refractivity contribution in [3.05, 3.63) is 61.1 Å². The second kappa shape index (κ2) is 10.8. The maximum atomic E-state index is 13.5. The maximum Gasteiger partial charge on any atom is 0.256 e. The van der Waals surface area contributed by atoms with E-state index in [0.717, 1.165) is 56.5 Å². The average molecular weight is 489 g/mol. The number of ether oxygens (including phenoxy) is 1. The van der Waals surface area contributed by atoms with Crippen LogP contribution in [-0.4, -0.2) is 75.4 Å². The number of aromatic nitrogens is 3. The van der Waals surface area contributed by atoms with Gasteiger partial charge in [0.25, 0.3) is 5.91 Å². The van der Waals surface area contributed by atoms with Gasteiger partial charge in [0, 0.05) is 51.8 Å². The molecule has 188 valence electrons. The molecule has 2 fully saturated rings. The van der Waals surface area contributed by atoms with Crippen LogP contribution in [0.1, 0.15) is 36.0 Å². The van der Waals surface area contributed by atoms with Crippen LogP contribution in [0.4, 0.5) is 5.82 Å². The van der Waals surface area contributed by atoms with Crippen LogP contribution in [0, 0.1) is 5.92 Å². The summed E-state index contributed by atoms with van der Waals surface area (Å²) in [6.07, 6.45) is 8.13. The summed E-state index contributed by atoms with van der Waals surface area (Å²) in [5, 5.41) is 4.17. The van der Waals surface area contributed by atoms with Gasteiger partial charge in [-0.2, -0.15) is 0 Å². The Morgan fingerprint density at radius 1 is 1.06 bits per heavy atom. The third-order valence-corrected chi connectivity index (χ3v) is 7.13. The number of para-hydroxylation sites is 1. The van der Waals surface area contributed by atoms with E-state index in [1.807, 2.05) is 40.1 Å². The number of likely N-dealkylation sites (tertiary alicyclic amines) is 2. The lowest BCUT2D eigenvalue weighted by Crippen LogP contribution is -2.41. The fourth-order valence-corrected chi connectivity index (χ4v) is 5.03. The van der Waals surface area contributed by atoms with Gasteiger partial charge in [-0.05, 0) is 37.0 Å². The smallest absolute Gasteiger partial charge is 0.256 e. The Bertz CT molecular complexity index is 1210. The molecule has 2 aliphatic heterocycles. The van der Waals surface area contributed by atoms with Crippen LogP contribution >= 0.6 is 0 Å². The predicted molar refractivity (Wildman–Crippen MR) is 138 cm³/mol. The highest BCUT2D eigenvalue weighted by atomic mass is 16.5. The number of hydrogen-bond donors (Lipinski definition) is 2. The molecule has 3 aromatic rings. The van der Waals surface area contributed by atoms with Crippen molar-refractivity contribution in [2.75, 3.05) is 38.0 Å². The predicted octanol–water partition coefficient (Wildman–Crippen LogP) is 3.48. The van der Waals surface area contributed by atoms with Crippen LogP contribution in [0.5, 0.6) is 5.75 Å². The number of rotatable bonds is 7. The highest BCUT2D eigenvalue weighted by Crippen LogP contribution is 2.27. The maximum absolute atomic E-state index is 13.5. The average Bonchev–Trinajstić information content (AvgIpc) is 3.37. The third kappa shape index (κ3) is 5.19. The van der Waals surface area contributed by atoms with Gasteiger partial charge in [-0.3, -0.25) is 9.59 Å². The number of hydrogen-bond acceptors (Lipinski definition) is 6. The second-order valence-corrected chi connectivity index (χ2v) is 9.42. The highest BCUT2D eigenvalue weighted by Gasteiger charge is 2.28. The summed E-state index contributed by atoms with van der Waals surface area (Å²) >= 11 is 0. The van der Waals surface area contributed by atoms with Gasteiger partial charge < -0.3 is 24.8 Å². The summed E-state index contributed by atoms with van der Waals surface area (Å²) in [6.45, 7) is 7.04.